The number of aromatic amines is 1. The predicted octanol–water partition coefficient (Wildman–Crippen LogP) is 4.38. The monoisotopic (exact) mass is 328 g/mol. The Morgan fingerprint density at radius 1 is 0.913 bits per heavy atom. The van der Waals surface area contributed by atoms with E-state index < -0.39 is 40.9 Å². The number of fused-ring (bicyclic) bond motifs is 1. The number of benzene rings is 1. The zero-order valence-corrected chi connectivity index (χ0v) is 10.9. The van der Waals surface area contributed by atoms with Gasteiger partial charge in [0, 0.05) is 5.39 Å². The molecule has 0 fully saturated rings. The highest BCUT2D eigenvalue weighted by Gasteiger charge is 2.21. The van der Waals surface area contributed by atoms with Gasteiger partial charge in [-0.3, -0.25) is 0 Å². The maximum Gasteiger partial charge on any atom is 0.254 e. The summed E-state index contributed by atoms with van der Waals surface area (Å²) in [5.41, 5.74) is -1.44. The first-order valence-corrected chi connectivity index (χ1v) is 6.00. The van der Waals surface area contributed by atoms with Gasteiger partial charge in [0.2, 0.25) is 17.5 Å². The van der Waals surface area contributed by atoms with Crippen LogP contribution in [0.25, 0.3) is 10.9 Å². The van der Waals surface area contributed by atoms with Crippen LogP contribution in [0.1, 0.15) is 0 Å². The topological polar surface area (TPSA) is 73.6 Å². The van der Waals surface area contributed by atoms with Crippen LogP contribution in [0.3, 0.4) is 0 Å². The Morgan fingerprint density at radius 2 is 1.52 bits per heavy atom. The van der Waals surface area contributed by atoms with E-state index in [4.69, 9.17) is 0 Å². The number of rotatable bonds is 2. The van der Waals surface area contributed by atoms with Crippen LogP contribution in [0.4, 0.5) is 33.3 Å². The number of H-pyrrole nitrogens is 1. The third kappa shape index (κ3) is 2.47. The number of hydrogen-bond acceptors (Lipinski definition) is 4. The maximum atomic E-state index is 13.4. The van der Waals surface area contributed by atoms with E-state index in [1.165, 1.54) is 6.07 Å². The molecule has 5 nitrogen and oxygen atoms in total. The Hall–Kier alpha value is -3.04. The van der Waals surface area contributed by atoms with Gasteiger partial charge >= 0.3 is 0 Å². The number of hydrogen-bond donors (Lipinski definition) is 2. The molecule has 0 aliphatic heterocycles. The highest BCUT2D eigenvalue weighted by Crippen LogP contribution is 2.37. The van der Waals surface area contributed by atoms with Crippen LogP contribution >= 0.6 is 0 Å². The van der Waals surface area contributed by atoms with Crippen molar-refractivity contribution in [2.45, 2.75) is 0 Å². The quantitative estimate of drug-likeness (QED) is 0.416. The van der Waals surface area contributed by atoms with Crippen molar-refractivity contribution in [3.8, 4) is 5.88 Å². The lowest BCUT2D eigenvalue weighted by atomic mass is 10.2. The number of halogens is 5. The third-order valence-corrected chi connectivity index (χ3v) is 2.94. The third-order valence-electron chi connectivity index (χ3n) is 2.94. The van der Waals surface area contributed by atoms with Crippen molar-refractivity contribution >= 4 is 22.3 Å². The Morgan fingerprint density at radius 3 is 2.17 bits per heavy atom. The Labute approximate surface area is 124 Å². The van der Waals surface area contributed by atoms with E-state index >= 15 is 0 Å². The molecule has 2 N–H and O–H groups in total. The minimum atomic E-state index is -1.90. The summed E-state index contributed by atoms with van der Waals surface area (Å²) in [5, 5.41) is 16.1. The van der Waals surface area contributed by atoms with E-state index in [1.807, 2.05) is 0 Å². The average molecular weight is 328 g/mol. The largest absolute Gasteiger partial charge is 0.493 e. The molecule has 0 saturated carbocycles. The smallest absolute Gasteiger partial charge is 0.254 e. The van der Waals surface area contributed by atoms with Gasteiger partial charge in [0.05, 0.1) is 5.52 Å². The van der Waals surface area contributed by atoms with Gasteiger partial charge in [-0.05, 0) is 18.2 Å². The summed E-state index contributed by atoms with van der Waals surface area (Å²) in [6, 6.07) is 3.38. The van der Waals surface area contributed by atoms with Crippen LogP contribution in [0.15, 0.2) is 28.4 Å². The number of pyridine rings is 1. The second-order valence-electron chi connectivity index (χ2n) is 4.38. The fraction of sp³-hybridized carbons (Fsp3) is 0. The fourth-order valence-electron chi connectivity index (χ4n) is 1.90. The lowest BCUT2D eigenvalue weighted by molar-refractivity contribution is 0.409. The molecule has 0 atom stereocenters. The summed E-state index contributed by atoms with van der Waals surface area (Å²) >= 11 is 0. The van der Waals surface area contributed by atoms with Gasteiger partial charge in [0.15, 0.2) is 11.4 Å². The van der Waals surface area contributed by atoms with Crippen molar-refractivity contribution in [2.24, 2.45) is 10.2 Å². The molecule has 0 aliphatic carbocycles. The van der Waals surface area contributed by atoms with Crippen molar-refractivity contribution in [2.75, 3.05) is 0 Å². The first kappa shape index (κ1) is 14.9. The number of nitrogens with zero attached hydrogens (tertiary/aromatic N) is 3. The van der Waals surface area contributed by atoms with Gasteiger partial charge in [-0.25, -0.2) is 4.39 Å². The number of nitrogens with one attached hydrogen (secondary N) is 1. The standard InChI is InChI=1S/C13H5F5N4O/c14-4-1-2-6-5(3-4)9(13(23)19-6)21-22-10-7(15)11(17)20-12(18)8(10)16/h1-3,19,23H. The normalized spacial score (nSPS) is 11.7. The van der Waals surface area contributed by atoms with Crippen molar-refractivity contribution < 1.29 is 27.1 Å². The van der Waals surface area contributed by atoms with Crippen LogP contribution in [0, 0.1) is 29.3 Å². The molecule has 0 amide bonds. The minimum Gasteiger partial charge on any atom is -0.493 e. The highest BCUT2D eigenvalue weighted by atomic mass is 19.2. The molecule has 2 aromatic heterocycles. The molecule has 3 rings (SSSR count). The molecule has 0 saturated heterocycles. The van der Waals surface area contributed by atoms with E-state index in [-0.39, 0.29) is 16.6 Å². The summed E-state index contributed by atoms with van der Waals surface area (Å²) in [5.74, 6) is -8.72. The first-order valence-electron chi connectivity index (χ1n) is 6.00. The van der Waals surface area contributed by atoms with Crippen molar-refractivity contribution in [3.63, 3.8) is 0 Å². The predicted molar refractivity (Wildman–Crippen MR) is 68.2 cm³/mol. The van der Waals surface area contributed by atoms with Crippen molar-refractivity contribution in [3.05, 3.63) is 47.5 Å². The van der Waals surface area contributed by atoms with Crippen molar-refractivity contribution in [1.29, 1.82) is 0 Å². The lowest BCUT2D eigenvalue weighted by Crippen LogP contribution is -1.98. The SMILES string of the molecule is Oc1[nH]c2ccc(F)cc2c1N=Nc1c(F)c(F)nc(F)c1F. The molecule has 0 unspecified atom stereocenters. The summed E-state index contributed by atoms with van der Waals surface area (Å²) in [6.07, 6.45) is 0. The van der Waals surface area contributed by atoms with Crippen molar-refractivity contribution in [1.82, 2.24) is 9.97 Å². The zero-order chi connectivity index (χ0) is 16.7. The number of azo groups is 1. The first-order chi connectivity index (χ1) is 10.9. The molecule has 2 heterocycles. The van der Waals surface area contributed by atoms with E-state index in [0.29, 0.717) is 0 Å². The minimum absolute atomic E-state index is 0.0575. The van der Waals surface area contributed by atoms with Gasteiger partial charge in [0.1, 0.15) is 5.82 Å². The van der Waals surface area contributed by atoms with Crippen LogP contribution in [-0.2, 0) is 0 Å². The summed E-state index contributed by atoms with van der Waals surface area (Å²) in [7, 11) is 0. The molecule has 1 aromatic carbocycles. The molecular formula is C13H5F5N4O. The zero-order valence-electron chi connectivity index (χ0n) is 10.9. The maximum absolute atomic E-state index is 13.4. The van der Waals surface area contributed by atoms with Crippen LogP contribution < -0.4 is 0 Å². The molecule has 0 radical (unpaired) electrons. The Kier molecular flexibility index (Phi) is 3.43. The van der Waals surface area contributed by atoms with Crippen LogP contribution in [-0.4, -0.2) is 15.1 Å². The highest BCUT2D eigenvalue weighted by molar-refractivity contribution is 5.94. The Bertz CT molecular complexity index is 927. The average Bonchev–Trinajstić information content (AvgIpc) is 2.80. The molecule has 10 heteroatoms. The van der Waals surface area contributed by atoms with E-state index in [1.54, 1.807) is 0 Å². The summed E-state index contributed by atoms with van der Waals surface area (Å²) < 4.78 is 66.0. The Balaban J connectivity index is 2.15. The van der Waals surface area contributed by atoms with E-state index in [2.05, 4.69) is 20.2 Å². The van der Waals surface area contributed by atoms with Crippen LogP contribution in [0.2, 0.25) is 0 Å². The lowest BCUT2D eigenvalue weighted by Gasteiger charge is -1.99. The van der Waals surface area contributed by atoms with Gasteiger partial charge in [0.25, 0.3) is 11.9 Å². The summed E-state index contributed by atoms with van der Waals surface area (Å²) in [6.45, 7) is 0. The fourth-order valence-corrected chi connectivity index (χ4v) is 1.90. The van der Waals surface area contributed by atoms with E-state index in [0.717, 1.165) is 12.1 Å². The van der Waals surface area contributed by atoms with Gasteiger partial charge in [-0.1, -0.05) is 0 Å². The van der Waals surface area contributed by atoms with Gasteiger partial charge < -0.3 is 10.1 Å². The summed E-state index contributed by atoms with van der Waals surface area (Å²) in [4.78, 5) is 4.80. The number of aromatic hydroxyl groups is 1. The molecular weight excluding hydrogens is 323 g/mol. The van der Waals surface area contributed by atoms with E-state index in [9.17, 15) is 27.1 Å². The number of aromatic nitrogens is 2. The molecule has 0 bridgehead atoms. The second kappa shape index (κ2) is 5.30. The molecule has 3 aromatic rings. The second-order valence-corrected chi connectivity index (χ2v) is 4.38. The van der Waals surface area contributed by atoms with Gasteiger partial charge in [-0.2, -0.15) is 22.5 Å². The van der Waals surface area contributed by atoms with Gasteiger partial charge in [-0.15, -0.1) is 10.2 Å². The molecule has 23 heavy (non-hydrogen) atoms. The molecule has 0 spiro atoms. The molecule has 118 valence electrons. The van der Waals surface area contributed by atoms with Crippen LogP contribution in [0.5, 0.6) is 5.88 Å². The molecule has 0 aliphatic rings.